The number of hydrogen-bond donors (Lipinski definition) is 0. The highest BCUT2D eigenvalue weighted by molar-refractivity contribution is 9.10. The SMILES string of the molecule is C/C(=C\C(=O)N1C(=S)OC[C@@H]1C(C)C)c1ccc(Br)cc1. The largest absolute Gasteiger partial charge is 0.468 e. The molecule has 0 radical (unpaired) electrons. The zero-order chi connectivity index (χ0) is 15.6. The van der Waals surface area contributed by atoms with Crippen LogP contribution in [0, 0.1) is 5.92 Å². The molecule has 0 bridgehead atoms. The van der Waals surface area contributed by atoms with Crippen LogP contribution in [0.2, 0.25) is 0 Å². The van der Waals surface area contributed by atoms with Gasteiger partial charge in [-0.2, -0.15) is 0 Å². The molecule has 1 aliphatic heterocycles. The Morgan fingerprint density at radius 2 is 2.05 bits per heavy atom. The van der Waals surface area contributed by atoms with Crippen LogP contribution in [0.15, 0.2) is 34.8 Å². The Hall–Kier alpha value is -1.20. The lowest BCUT2D eigenvalue weighted by Gasteiger charge is -2.22. The van der Waals surface area contributed by atoms with E-state index in [-0.39, 0.29) is 17.1 Å². The van der Waals surface area contributed by atoms with Crippen LogP contribution >= 0.6 is 28.1 Å². The van der Waals surface area contributed by atoms with Crippen LogP contribution in [-0.2, 0) is 9.53 Å². The molecule has 0 aliphatic carbocycles. The molecule has 0 aromatic heterocycles. The number of hydrogen-bond acceptors (Lipinski definition) is 3. The minimum absolute atomic E-state index is 0.0129. The van der Waals surface area contributed by atoms with Gasteiger partial charge in [-0.15, -0.1) is 0 Å². The van der Waals surface area contributed by atoms with Crippen LogP contribution in [0.25, 0.3) is 5.57 Å². The van der Waals surface area contributed by atoms with Gasteiger partial charge in [0.15, 0.2) is 0 Å². The summed E-state index contributed by atoms with van der Waals surface area (Å²) in [6.07, 6.45) is 1.62. The first-order valence-electron chi connectivity index (χ1n) is 6.84. The summed E-state index contributed by atoms with van der Waals surface area (Å²) < 4.78 is 6.38. The number of rotatable bonds is 3. The van der Waals surface area contributed by atoms with Crippen molar-refractivity contribution in [3.63, 3.8) is 0 Å². The predicted molar refractivity (Wildman–Crippen MR) is 91.8 cm³/mol. The maximum Gasteiger partial charge on any atom is 0.266 e. The Morgan fingerprint density at radius 1 is 1.43 bits per heavy atom. The summed E-state index contributed by atoms with van der Waals surface area (Å²) in [5.41, 5.74) is 1.92. The Morgan fingerprint density at radius 3 is 2.62 bits per heavy atom. The van der Waals surface area contributed by atoms with Crippen molar-refractivity contribution in [2.45, 2.75) is 26.8 Å². The minimum Gasteiger partial charge on any atom is -0.468 e. The molecule has 1 atom stereocenters. The predicted octanol–water partition coefficient (Wildman–Crippen LogP) is 4.02. The molecule has 0 spiro atoms. The number of ether oxygens (including phenoxy) is 1. The highest BCUT2D eigenvalue weighted by Crippen LogP contribution is 2.22. The first-order valence-corrected chi connectivity index (χ1v) is 8.04. The third-order valence-corrected chi connectivity index (χ3v) is 4.40. The fourth-order valence-electron chi connectivity index (χ4n) is 2.23. The molecule has 2 rings (SSSR count). The first kappa shape index (κ1) is 16.2. The smallest absolute Gasteiger partial charge is 0.266 e. The molecule has 1 amide bonds. The lowest BCUT2D eigenvalue weighted by atomic mass is 10.0. The summed E-state index contributed by atoms with van der Waals surface area (Å²) in [7, 11) is 0. The van der Waals surface area contributed by atoms with Crippen LogP contribution in [0.1, 0.15) is 26.3 Å². The van der Waals surface area contributed by atoms with Crippen LogP contribution in [-0.4, -0.2) is 28.6 Å². The fraction of sp³-hybridized carbons (Fsp3) is 0.375. The van der Waals surface area contributed by atoms with Crippen LogP contribution < -0.4 is 0 Å². The van der Waals surface area contributed by atoms with Gasteiger partial charge in [0.25, 0.3) is 11.1 Å². The topological polar surface area (TPSA) is 29.5 Å². The van der Waals surface area contributed by atoms with E-state index in [9.17, 15) is 4.79 Å². The molecular formula is C16H18BrNO2S. The molecule has 1 saturated heterocycles. The molecule has 1 aromatic rings. The number of allylic oxidation sites excluding steroid dienone is 1. The highest BCUT2D eigenvalue weighted by atomic mass is 79.9. The van der Waals surface area contributed by atoms with E-state index >= 15 is 0 Å². The van der Waals surface area contributed by atoms with E-state index in [0.29, 0.717) is 12.5 Å². The lowest BCUT2D eigenvalue weighted by molar-refractivity contribution is -0.123. The van der Waals surface area contributed by atoms with Crippen molar-refractivity contribution >= 4 is 44.8 Å². The molecule has 5 heteroatoms. The molecular weight excluding hydrogens is 350 g/mol. The van der Waals surface area contributed by atoms with Gasteiger partial charge in [0, 0.05) is 10.5 Å². The van der Waals surface area contributed by atoms with E-state index in [4.69, 9.17) is 17.0 Å². The van der Waals surface area contributed by atoms with Crippen molar-refractivity contribution in [1.82, 2.24) is 4.90 Å². The maximum atomic E-state index is 12.5. The minimum atomic E-state index is -0.114. The Labute approximate surface area is 139 Å². The van der Waals surface area contributed by atoms with E-state index in [1.807, 2.05) is 31.2 Å². The zero-order valence-corrected chi connectivity index (χ0v) is 14.7. The molecule has 112 valence electrons. The molecule has 1 aromatic carbocycles. The Kier molecular flexibility index (Phi) is 5.17. The number of thiocarbonyl (C=S) groups is 1. The average Bonchev–Trinajstić information content (AvgIpc) is 2.81. The molecule has 0 saturated carbocycles. The van der Waals surface area contributed by atoms with Gasteiger partial charge in [-0.25, -0.2) is 0 Å². The molecule has 0 unspecified atom stereocenters. The van der Waals surface area contributed by atoms with E-state index in [0.717, 1.165) is 15.6 Å². The van der Waals surface area contributed by atoms with Crippen molar-refractivity contribution in [3.8, 4) is 0 Å². The third-order valence-electron chi connectivity index (χ3n) is 3.55. The lowest BCUT2D eigenvalue weighted by Crippen LogP contribution is -2.40. The zero-order valence-electron chi connectivity index (χ0n) is 12.3. The summed E-state index contributed by atoms with van der Waals surface area (Å²) in [5, 5.41) is 0.276. The average molecular weight is 368 g/mol. The van der Waals surface area contributed by atoms with Gasteiger partial charge in [-0.3, -0.25) is 9.69 Å². The second kappa shape index (κ2) is 6.71. The van der Waals surface area contributed by atoms with E-state index in [1.54, 1.807) is 11.0 Å². The third kappa shape index (κ3) is 3.71. The van der Waals surface area contributed by atoms with Crippen molar-refractivity contribution in [2.24, 2.45) is 5.92 Å². The molecule has 0 N–H and O–H groups in total. The summed E-state index contributed by atoms with van der Waals surface area (Å²) in [5.74, 6) is 0.187. The van der Waals surface area contributed by atoms with Gasteiger partial charge in [0.05, 0.1) is 6.04 Å². The van der Waals surface area contributed by atoms with Gasteiger partial charge < -0.3 is 4.74 Å². The van der Waals surface area contributed by atoms with Gasteiger partial charge >= 0.3 is 0 Å². The number of amides is 1. The highest BCUT2D eigenvalue weighted by Gasteiger charge is 2.35. The molecule has 3 nitrogen and oxygen atoms in total. The Bertz CT molecular complexity index is 580. The van der Waals surface area contributed by atoms with E-state index in [1.165, 1.54) is 0 Å². The maximum absolute atomic E-state index is 12.5. The van der Waals surface area contributed by atoms with Crippen molar-refractivity contribution in [3.05, 3.63) is 40.4 Å². The van der Waals surface area contributed by atoms with Gasteiger partial charge in [0.1, 0.15) is 6.61 Å². The van der Waals surface area contributed by atoms with Crippen LogP contribution in [0.5, 0.6) is 0 Å². The van der Waals surface area contributed by atoms with Crippen molar-refractivity contribution in [2.75, 3.05) is 6.61 Å². The number of halogens is 1. The summed E-state index contributed by atoms with van der Waals surface area (Å²) in [4.78, 5) is 14.1. The quantitative estimate of drug-likeness (QED) is 0.596. The van der Waals surface area contributed by atoms with Gasteiger partial charge in [-0.1, -0.05) is 41.9 Å². The number of carbonyl (C=O) groups is 1. The molecule has 1 fully saturated rings. The van der Waals surface area contributed by atoms with Crippen LogP contribution in [0.3, 0.4) is 0 Å². The summed E-state index contributed by atoms with van der Waals surface area (Å²) in [6.45, 7) is 6.53. The van der Waals surface area contributed by atoms with E-state index < -0.39 is 0 Å². The second-order valence-corrected chi connectivity index (χ2v) is 6.70. The molecule has 21 heavy (non-hydrogen) atoms. The molecule has 1 aliphatic rings. The van der Waals surface area contributed by atoms with Crippen molar-refractivity contribution < 1.29 is 9.53 Å². The monoisotopic (exact) mass is 367 g/mol. The van der Waals surface area contributed by atoms with E-state index in [2.05, 4.69) is 29.8 Å². The van der Waals surface area contributed by atoms with Gasteiger partial charge in [-0.05, 0) is 48.3 Å². The second-order valence-electron chi connectivity index (χ2n) is 5.43. The summed E-state index contributed by atoms with van der Waals surface area (Å²) in [6, 6.07) is 7.87. The van der Waals surface area contributed by atoms with Crippen LogP contribution in [0.4, 0.5) is 0 Å². The number of nitrogens with zero attached hydrogens (tertiary/aromatic N) is 1. The van der Waals surface area contributed by atoms with Crippen molar-refractivity contribution in [1.29, 1.82) is 0 Å². The summed E-state index contributed by atoms with van der Waals surface area (Å²) >= 11 is 8.55. The number of benzene rings is 1. The normalized spacial score (nSPS) is 19.1. The Balaban J connectivity index is 2.21. The molecule has 1 heterocycles. The fourth-order valence-corrected chi connectivity index (χ4v) is 2.79. The van der Waals surface area contributed by atoms with Gasteiger partial charge in [0.2, 0.25) is 0 Å². The first-order chi connectivity index (χ1) is 9.90. The number of carbonyl (C=O) groups excluding carboxylic acids is 1. The standard InChI is InChI=1S/C16H18BrNO2S/c1-10(2)14-9-20-16(21)18(14)15(19)8-11(3)12-4-6-13(17)7-5-12/h4-8,10,14H,9H2,1-3H3/b11-8+/t14-/m1/s1.